The largest absolute Gasteiger partial charge is 0.388 e. The Bertz CT molecular complexity index is 665. The molecular weight excluding hydrogens is 304 g/mol. The lowest BCUT2D eigenvalue weighted by Gasteiger charge is -2.57. The fourth-order valence-electron chi connectivity index (χ4n) is 4.19. The van der Waals surface area contributed by atoms with Crippen LogP contribution in [0.15, 0.2) is 35.2 Å². The molecule has 0 unspecified atom stereocenters. The molecule has 0 aromatic heterocycles. The summed E-state index contributed by atoms with van der Waals surface area (Å²) in [5.74, 6) is -0.652. The number of sulfone groups is 1. The van der Waals surface area contributed by atoms with Crippen molar-refractivity contribution in [3.8, 4) is 0 Å². The first kappa shape index (κ1) is 14.6. The molecule has 0 radical (unpaired) electrons. The van der Waals surface area contributed by atoms with Crippen molar-refractivity contribution in [1.29, 1.82) is 0 Å². The van der Waals surface area contributed by atoms with E-state index < -0.39 is 26.5 Å². The normalized spacial score (nSPS) is 36.8. The van der Waals surface area contributed by atoms with Crippen molar-refractivity contribution in [2.24, 2.45) is 5.92 Å². The first-order valence-electron chi connectivity index (χ1n) is 7.76. The molecule has 1 aliphatic heterocycles. The van der Waals surface area contributed by atoms with Gasteiger partial charge < -0.3 is 14.6 Å². The number of aliphatic hydroxyl groups is 1. The zero-order chi connectivity index (χ0) is 15.4. The number of hydrogen-bond donors (Lipinski definition) is 1. The summed E-state index contributed by atoms with van der Waals surface area (Å²) < 4.78 is 36.9. The Morgan fingerprint density at radius 1 is 1.09 bits per heavy atom. The fraction of sp³-hybridized carbons (Fsp3) is 0.625. The van der Waals surface area contributed by atoms with Crippen LogP contribution < -0.4 is 0 Å². The molecule has 22 heavy (non-hydrogen) atoms. The summed E-state index contributed by atoms with van der Waals surface area (Å²) in [5, 5.41) is 10.2. The summed E-state index contributed by atoms with van der Waals surface area (Å²) in [7, 11) is -3.50. The second kappa shape index (κ2) is 4.77. The molecule has 6 heteroatoms. The van der Waals surface area contributed by atoms with Crippen molar-refractivity contribution in [1.82, 2.24) is 0 Å². The van der Waals surface area contributed by atoms with Gasteiger partial charge in [0, 0.05) is 12.8 Å². The van der Waals surface area contributed by atoms with E-state index in [0.717, 1.165) is 0 Å². The molecule has 120 valence electrons. The Kier molecular flexibility index (Phi) is 3.17. The molecule has 1 saturated heterocycles. The molecular formula is C16H20O5S. The Morgan fingerprint density at radius 3 is 2.41 bits per heavy atom. The van der Waals surface area contributed by atoms with Crippen molar-refractivity contribution < 1.29 is 23.0 Å². The van der Waals surface area contributed by atoms with Gasteiger partial charge in [-0.15, -0.1) is 0 Å². The predicted molar refractivity (Wildman–Crippen MR) is 79.0 cm³/mol. The monoisotopic (exact) mass is 324 g/mol. The fourth-order valence-corrected chi connectivity index (χ4v) is 6.39. The molecule has 3 atom stereocenters. The van der Waals surface area contributed by atoms with E-state index in [9.17, 15) is 13.5 Å². The number of benzene rings is 1. The highest BCUT2D eigenvalue weighted by Gasteiger charge is 2.64. The number of fused-ring (bicyclic) bond motifs is 1. The van der Waals surface area contributed by atoms with E-state index in [2.05, 4.69) is 0 Å². The van der Waals surface area contributed by atoms with E-state index in [4.69, 9.17) is 9.47 Å². The highest BCUT2D eigenvalue weighted by atomic mass is 32.2. The Morgan fingerprint density at radius 2 is 1.77 bits per heavy atom. The molecule has 0 amide bonds. The van der Waals surface area contributed by atoms with Gasteiger partial charge in [0.1, 0.15) is 0 Å². The zero-order valence-electron chi connectivity index (χ0n) is 12.3. The van der Waals surface area contributed by atoms with Crippen LogP contribution in [-0.2, 0) is 19.3 Å². The molecule has 0 bridgehead atoms. The molecule has 1 aromatic carbocycles. The molecule has 1 heterocycles. The van der Waals surface area contributed by atoms with E-state index >= 15 is 0 Å². The molecule has 4 rings (SSSR count). The SMILES string of the molecule is O=S(=O)(c1ccccc1)[C@H]1C[C@@H]2CC3(CC[C@@]21O)OCCO3. The Hall–Kier alpha value is -0.950. The maximum atomic E-state index is 12.8. The molecule has 1 aromatic rings. The highest BCUT2D eigenvalue weighted by Crippen LogP contribution is 2.56. The lowest BCUT2D eigenvalue weighted by atomic mass is 9.60. The third kappa shape index (κ3) is 1.98. The van der Waals surface area contributed by atoms with Crippen LogP contribution in [0.3, 0.4) is 0 Å². The van der Waals surface area contributed by atoms with Gasteiger partial charge in [0.15, 0.2) is 15.6 Å². The summed E-state index contributed by atoms with van der Waals surface area (Å²) in [5.41, 5.74) is -1.14. The third-order valence-electron chi connectivity index (χ3n) is 5.49. The lowest BCUT2D eigenvalue weighted by molar-refractivity contribution is -0.243. The molecule has 2 saturated carbocycles. The molecule has 3 fully saturated rings. The summed E-state index contributed by atoms with van der Waals surface area (Å²) in [6.07, 6.45) is 2.03. The molecule has 1 N–H and O–H groups in total. The topological polar surface area (TPSA) is 72.8 Å². The highest BCUT2D eigenvalue weighted by molar-refractivity contribution is 7.92. The summed E-state index contributed by atoms with van der Waals surface area (Å²) in [6.45, 7) is 1.16. The van der Waals surface area contributed by atoms with Crippen LogP contribution in [0.2, 0.25) is 0 Å². The second-order valence-corrected chi connectivity index (χ2v) is 8.71. The van der Waals surface area contributed by atoms with Crippen molar-refractivity contribution >= 4 is 9.84 Å². The van der Waals surface area contributed by atoms with Crippen molar-refractivity contribution in [2.45, 2.75) is 47.2 Å². The first-order valence-corrected chi connectivity index (χ1v) is 9.30. The van der Waals surface area contributed by atoms with E-state index in [0.29, 0.717) is 43.8 Å². The van der Waals surface area contributed by atoms with Gasteiger partial charge in [-0.1, -0.05) is 18.2 Å². The maximum Gasteiger partial charge on any atom is 0.184 e. The van der Waals surface area contributed by atoms with Gasteiger partial charge in [0.2, 0.25) is 0 Å². The van der Waals surface area contributed by atoms with Gasteiger partial charge >= 0.3 is 0 Å². The second-order valence-electron chi connectivity index (χ2n) is 6.58. The number of hydrogen-bond acceptors (Lipinski definition) is 5. The minimum absolute atomic E-state index is 0.0668. The number of rotatable bonds is 2. The standard InChI is InChI=1S/C16H20O5S/c17-16-7-6-15(20-8-9-21-15)11-12(16)10-14(16)22(18,19)13-4-2-1-3-5-13/h1-5,12,14,17H,6-11H2/t12-,14+,16-/m1/s1. The Balaban J connectivity index is 1.58. The van der Waals surface area contributed by atoms with Crippen molar-refractivity contribution in [3.63, 3.8) is 0 Å². The third-order valence-corrected chi connectivity index (χ3v) is 7.77. The van der Waals surface area contributed by atoms with E-state index in [-0.39, 0.29) is 5.92 Å². The molecule has 2 aliphatic carbocycles. The first-order chi connectivity index (χ1) is 10.5. The van der Waals surface area contributed by atoms with Gasteiger partial charge in [0.05, 0.1) is 29.0 Å². The smallest absolute Gasteiger partial charge is 0.184 e. The van der Waals surface area contributed by atoms with Gasteiger partial charge in [-0.3, -0.25) is 0 Å². The Labute approximate surface area is 130 Å². The minimum Gasteiger partial charge on any atom is -0.388 e. The average molecular weight is 324 g/mol. The van der Waals surface area contributed by atoms with E-state index in [1.807, 2.05) is 0 Å². The van der Waals surface area contributed by atoms with Gasteiger partial charge in [-0.25, -0.2) is 8.42 Å². The summed E-state index contributed by atoms with van der Waals surface area (Å²) >= 11 is 0. The maximum absolute atomic E-state index is 12.8. The van der Waals surface area contributed by atoms with Crippen LogP contribution in [0.25, 0.3) is 0 Å². The van der Waals surface area contributed by atoms with Crippen LogP contribution in [0.4, 0.5) is 0 Å². The minimum atomic E-state index is -3.50. The predicted octanol–water partition coefficient (Wildman–Crippen LogP) is 1.51. The van der Waals surface area contributed by atoms with Gasteiger partial charge in [-0.05, 0) is 30.9 Å². The summed E-state index contributed by atoms with van der Waals surface area (Å²) in [4.78, 5) is 0.292. The van der Waals surface area contributed by atoms with Crippen LogP contribution >= 0.6 is 0 Å². The van der Waals surface area contributed by atoms with Gasteiger partial charge in [0.25, 0.3) is 0 Å². The summed E-state index contributed by atoms with van der Waals surface area (Å²) in [6, 6.07) is 8.40. The van der Waals surface area contributed by atoms with Crippen molar-refractivity contribution in [2.75, 3.05) is 13.2 Å². The van der Waals surface area contributed by atoms with E-state index in [1.165, 1.54) is 0 Å². The average Bonchev–Trinajstić information content (AvgIpc) is 2.97. The molecule has 1 spiro atoms. The van der Waals surface area contributed by atoms with Crippen LogP contribution in [0.1, 0.15) is 25.7 Å². The van der Waals surface area contributed by atoms with Crippen molar-refractivity contribution in [3.05, 3.63) is 30.3 Å². The lowest BCUT2D eigenvalue weighted by Crippen LogP contribution is -2.67. The van der Waals surface area contributed by atoms with Crippen LogP contribution in [-0.4, -0.2) is 43.4 Å². The number of ether oxygens (including phenoxy) is 2. The molecule has 5 nitrogen and oxygen atoms in total. The quantitative estimate of drug-likeness (QED) is 0.893. The van der Waals surface area contributed by atoms with Gasteiger partial charge in [-0.2, -0.15) is 0 Å². The van der Waals surface area contributed by atoms with Crippen LogP contribution in [0.5, 0.6) is 0 Å². The molecule has 3 aliphatic rings. The van der Waals surface area contributed by atoms with E-state index in [1.54, 1.807) is 30.3 Å². The van der Waals surface area contributed by atoms with Crippen LogP contribution in [0, 0.1) is 5.92 Å². The zero-order valence-corrected chi connectivity index (χ0v) is 13.1.